The molecule has 6 nitrogen and oxygen atoms in total. The Morgan fingerprint density at radius 1 is 1.20 bits per heavy atom. The molecule has 1 amide bonds. The molecule has 1 fully saturated rings. The van der Waals surface area contributed by atoms with Gasteiger partial charge < -0.3 is 5.32 Å². The van der Waals surface area contributed by atoms with E-state index in [-0.39, 0.29) is 11.8 Å². The van der Waals surface area contributed by atoms with Crippen LogP contribution < -0.4 is 5.32 Å². The third-order valence-corrected chi connectivity index (χ3v) is 4.46. The molecule has 2 N–H and O–H groups in total. The Hall–Kier alpha value is -3.02. The van der Waals surface area contributed by atoms with Gasteiger partial charge in [-0.3, -0.25) is 14.9 Å². The number of H-pyrrole nitrogens is 1. The summed E-state index contributed by atoms with van der Waals surface area (Å²) in [7, 11) is 0. The van der Waals surface area contributed by atoms with Gasteiger partial charge in [0.2, 0.25) is 5.91 Å². The van der Waals surface area contributed by atoms with Crippen LogP contribution in [0.2, 0.25) is 0 Å². The van der Waals surface area contributed by atoms with Gasteiger partial charge in [-0.05, 0) is 24.0 Å². The van der Waals surface area contributed by atoms with E-state index in [0.717, 1.165) is 23.4 Å². The monoisotopic (exact) mass is 333 g/mol. The van der Waals surface area contributed by atoms with E-state index in [4.69, 9.17) is 0 Å². The molecule has 1 aromatic carbocycles. The van der Waals surface area contributed by atoms with E-state index in [1.54, 1.807) is 6.20 Å². The number of benzene rings is 1. The molecule has 1 aliphatic carbocycles. The SMILES string of the molecule is O=C(NCCc1nc(-c2ccccc2)n[nH]1)C1CC1c1cccnc1. The van der Waals surface area contributed by atoms with Gasteiger partial charge in [-0.25, -0.2) is 4.98 Å². The highest BCUT2D eigenvalue weighted by Gasteiger charge is 2.43. The molecule has 2 aromatic heterocycles. The van der Waals surface area contributed by atoms with Crippen LogP contribution in [0.5, 0.6) is 0 Å². The molecule has 2 unspecified atom stereocenters. The fourth-order valence-corrected chi connectivity index (χ4v) is 3.01. The van der Waals surface area contributed by atoms with Crippen molar-refractivity contribution < 1.29 is 4.79 Å². The lowest BCUT2D eigenvalue weighted by Gasteiger charge is -2.03. The smallest absolute Gasteiger partial charge is 0.223 e. The van der Waals surface area contributed by atoms with Crippen molar-refractivity contribution >= 4 is 5.91 Å². The molecule has 2 atom stereocenters. The Balaban J connectivity index is 1.26. The molecule has 1 aliphatic rings. The predicted octanol–water partition coefficient (Wildman–Crippen LogP) is 2.33. The minimum Gasteiger partial charge on any atom is -0.355 e. The Morgan fingerprint density at radius 2 is 2.08 bits per heavy atom. The van der Waals surface area contributed by atoms with Gasteiger partial charge in [0, 0.05) is 36.8 Å². The molecule has 0 saturated heterocycles. The lowest BCUT2D eigenvalue weighted by Crippen LogP contribution is -2.27. The first-order valence-corrected chi connectivity index (χ1v) is 8.45. The second-order valence-electron chi connectivity index (χ2n) is 6.25. The molecular weight excluding hydrogens is 314 g/mol. The van der Waals surface area contributed by atoms with Crippen LogP contribution >= 0.6 is 0 Å². The minimum atomic E-state index is 0.0683. The van der Waals surface area contributed by atoms with E-state index < -0.39 is 0 Å². The van der Waals surface area contributed by atoms with E-state index in [2.05, 4.69) is 25.5 Å². The average Bonchev–Trinajstić information content (AvgIpc) is 3.34. The first kappa shape index (κ1) is 15.5. The highest BCUT2D eigenvalue weighted by atomic mass is 16.2. The van der Waals surface area contributed by atoms with Crippen molar-refractivity contribution in [2.75, 3.05) is 6.54 Å². The number of nitrogens with zero attached hydrogens (tertiary/aromatic N) is 3. The summed E-state index contributed by atoms with van der Waals surface area (Å²) >= 11 is 0. The van der Waals surface area contributed by atoms with Crippen LogP contribution in [0.15, 0.2) is 54.9 Å². The van der Waals surface area contributed by atoms with E-state index in [9.17, 15) is 4.79 Å². The lowest BCUT2D eigenvalue weighted by molar-refractivity contribution is -0.122. The van der Waals surface area contributed by atoms with Gasteiger partial charge in [-0.2, -0.15) is 5.10 Å². The summed E-state index contributed by atoms with van der Waals surface area (Å²) in [5.74, 6) is 1.94. The third-order valence-electron chi connectivity index (χ3n) is 4.46. The lowest BCUT2D eigenvalue weighted by atomic mass is 10.1. The molecule has 0 spiro atoms. The van der Waals surface area contributed by atoms with E-state index in [1.807, 2.05) is 48.7 Å². The summed E-state index contributed by atoms with van der Waals surface area (Å²) in [5.41, 5.74) is 2.12. The number of aromatic amines is 1. The van der Waals surface area contributed by atoms with Gasteiger partial charge >= 0.3 is 0 Å². The van der Waals surface area contributed by atoms with Crippen molar-refractivity contribution in [1.82, 2.24) is 25.5 Å². The topological polar surface area (TPSA) is 83.6 Å². The van der Waals surface area contributed by atoms with Crippen LogP contribution in [-0.4, -0.2) is 32.6 Å². The summed E-state index contributed by atoms with van der Waals surface area (Å²) in [6.45, 7) is 0.554. The summed E-state index contributed by atoms with van der Waals surface area (Å²) < 4.78 is 0. The molecule has 3 aromatic rings. The second-order valence-corrected chi connectivity index (χ2v) is 6.25. The molecule has 6 heteroatoms. The van der Waals surface area contributed by atoms with Crippen molar-refractivity contribution in [3.05, 3.63) is 66.2 Å². The first-order valence-electron chi connectivity index (χ1n) is 8.45. The van der Waals surface area contributed by atoms with Crippen molar-refractivity contribution in [1.29, 1.82) is 0 Å². The number of rotatable bonds is 6. The van der Waals surface area contributed by atoms with Gasteiger partial charge in [-0.15, -0.1) is 0 Å². The third kappa shape index (κ3) is 3.57. The summed E-state index contributed by atoms with van der Waals surface area (Å²) in [4.78, 5) is 20.8. The predicted molar refractivity (Wildman–Crippen MR) is 93.6 cm³/mol. The standard InChI is InChI=1S/C19H19N5O/c25-19(16-11-15(16)14-7-4-9-20-12-14)21-10-8-17-22-18(24-23-17)13-5-2-1-3-6-13/h1-7,9,12,15-16H,8,10-11H2,(H,21,25)(H,22,23,24). The highest BCUT2D eigenvalue weighted by molar-refractivity contribution is 5.82. The summed E-state index contributed by atoms with van der Waals surface area (Å²) in [5, 5.41) is 10.2. The molecule has 126 valence electrons. The van der Waals surface area contributed by atoms with Crippen LogP contribution in [0.1, 0.15) is 23.7 Å². The van der Waals surface area contributed by atoms with Crippen molar-refractivity contribution in [2.45, 2.75) is 18.8 Å². The molecule has 0 bridgehead atoms. The van der Waals surface area contributed by atoms with Gasteiger partial charge in [0.25, 0.3) is 0 Å². The Morgan fingerprint density at radius 3 is 2.88 bits per heavy atom. The Bertz CT molecular complexity index is 847. The number of hydrogen-bond acceptors (Lipinski definition) is 4. The zero-order chi connectivity index (χ0) is 17.1. The van der Waals surface area contributed by atoms with Gasteiger partial charge in [0.05, 0.1) is 0 Å². The number of amides is 1. The van der Waals surface area contributed by atoms with Gasteiger partial charge in [0.15, 0.2) is 5.82 Å². The number of carbonyl (C=O) groups excluding carboxylic acids is 1. The highest BCUT2D eigenvalue weighted by Crippen LogP contribution is 2.47. The summed E-state index contributed by atoms with van der Waals surface area (Å²) in [6.07, 6.45) is 5.13. The van der Waals surface area contributed by atoms with Crippen molar-refractivity contribution in [2.24, 2.45) is 5.92 Å². The fraction of sp³-hybridized carbons (Fsp3) is 0.263. The molecule has 25 heavy (non-hydrogen) atoms. The normalized spacial score (nSPS) is 18.7. The van der Waals surface area contributed by atoms with Crippen LogP contribution in [0, 0.1) is 5.92 Å². The van der Waals surface area contributed by atoms with Crippen LogP contribution in [0.3, 0.4) is 0 Å². The largest absolute Gasteiger partial charge is 0.355 e. The van der Waals surface area contributed by atoms with E-state index >= 15 is 0 Å². The van der Waals surface area contributed by atoms with Gasteiger partial charge in [0.1, 0.15) is 5.82 Å². The molecule has 0 radical (unpaired) electrons. The molecule has 2 heterocycles. The quantitative estimate of drug-likeness (QED) is 0.725. The number of hydrogen-bond donors (Lipinski definition) is 2. The number of aromatic nitrogens is 4. The van der Waals surface area contributed by atoms with Crippen molar-refractivity contribution in [3.63, 3.8) is 0 Å². The maximum Gasteiger partial charge on any atom is 0.223 e. The molecule has 1 saturated carbocycles. The zero-order valence-electron chi connectivity index (χ0n) is 13.7. The molecular formula is C19H19N5O. The summed E-state index contributed by atoms with van der Waals surface area (Å²) in [6, 6.07) is 13.8. The first-order chi connectivity index (χ1) is 12.3. The van der Waals surface area contributed by atoms with Crippen LogP contribution in [0.25, 0.3) is 11.4 Å². The molecule has 4 rings (SSSR count). The average molecular weight is 333 g/mol. The zero-order valence-corrected chi connectivity index (χ0v) is 13.7. The van der Waals surface area contributed by atoms with Crippen molar-refractivity contribution in [3.8, 4) is 11.4 Å². The maximum absolute atomic E-state index is 12.2. The number of carbonyl (C=O) groups is 1. The number of pyridine rings is 1. The number of nitrogens with one attached hydrogen (secondary N) is 2. The van der Waals surface area contributed by atoms with Crippen LogP contribution in [0.4, 0.5) is 0 Å². The maximum atomic E-state index is 12.2. The van der Waals surface area contributed by atoms with Crippen LogP contribution in [-0.2, 0) is 11.2 Å². The Kier molecular flexibility index (Phi) is 4.24. The second kappa shape index (κ2) is 6.84. The molecule has 0 aliphatic heterocycles. The minimum absolute atomic E-state index is 0.0683. The van der Waals surface area contributed by atoms with E-state index in [1.165, 1.54) is 0 Å². The van der Waals surface area contributed by atoms with E-state index in [0.29, 0.717) is 24.7 Å². The van der Waals surface area contributed by atoms with Gasteiger partial charge in [-0.1, -0.05) is 36.4 Å². The Labute approximate surface area is 145 Å². The fourth-order valence-electron chi connectivity index (χ4n) is 3.01.